The maximum absolute atomic E-state index is 13.3. The Morgan fingerprint density at radius 2 is 2.25 bits per heavy atom. The number of likely N-dealkylation sites (tertiary alicyclic amines) is 1. The highest BCUT2D eigenvalue weighted by Crippen LogP contribution is 2.26. The Hall–Kier alpha value is -1.53. The number of halogens is 1. The largest absolute Gasteiger partial charge is 0.396 e. The van der Waals surface area contributed by atoms with Crippen LogP contribution in [0, 0.1) is 15.9 Å². The minimum atomic E-state index is -0.472. The van der Waals surface area contributed by atoms with E-state index in [1.807, 2.05) is 0 Å². The van der Waals surface area contributed by atoms with Gasteiger partial charge in [0.25, 0.3) is 5.69 Å². The molecule has 1 unspecified atom stereocenters. The van der Waals surface area contributed by atoms with Crippen LogP contribution in [0.2, 0.25) is 0 Å². The zero-order valence-corrected chi connectivity index (χ0v) is 11.3. The summed E-state index contributed by atoms with van der Waals surface area (Å²) >= 11 is 0. The third kappa shape index (κ3) is 3.52. The summed E-state index contributed by atoms with van der Waals surface area (Å²) in [5.74, 6) is -0.457. The number of hydrogen-bond donors (Lipinski definition) is 1. The zero-order chi connectivity index (χ0) is 14.5. The van der Waals surface area contributed by atoms with Crippen LogP contribution in [-0.2, 0) is 6.54 Å². The summed E-state index contributed by atoms with van der Waals surface area (Å²) in [4.78, 5) is 12.6. The third-order valence-electron chi connectivity index (χ3n) is 3.82. The molecule has 1 aromatic carbocycles. The molecule has 1 N–H and O–H groups in total. The molecule has 1 aliphatic heterocycles. The summed E-state index contributed by atoms with van der Waals surface area (Å²) < 4.78 is 13.3. The van der Waals surface area contributed by atoms with E-state index >= 15 is 0 Å². The smallest absolute Gasteiger partial charge is 0.274 e. The first-order valence-electron chi connectivity index (χ1n) is 6.89. The molecule has 1 saturated heterocycles. The van der Waals surface area contributed by atoms with Crippen LogP contribution in [0.15, 0.2) is 18.2 Å². The van der Waals surface area contributed by atoms with Crippen molar-refractivity contribution in [3.05, 3.63) is 39.7 Å². The first-order valence-corrected chi connectivity index (χ1v) is 6.89. The number of nitrogens with zero attached hydrogens (tertiary/aromatic N) is 2. The van der Waals surface area contributed by atoms with E-state index in [1.54, 1.807) is 0 Å². The summed E-state index contributed by atoms with van der Waals surface area (Å²) in [6.07, 6.45) is 3.77. The predicted molar refractivity (Wildman–Crippen MR) is 72.8 cm³/mol. The molecule has 0 radical (unpaired) electrons. The van der Waals surface area contributed by atoms with E-state index in [2.05, 4.69) is 4.90 Å². The lowest BCUT2D eigenvalue weighted by Gasteiger charge is -2.35. The number of aliphatic hydroxyl groups is 1. The number of hydrogen-bond acceptors (Lipinski definition) is 4. The molecule has 1 atom stereocenters. The summed E-state index contributed by atoms with van der Waals surface area (Å²) in [5, 5.41) is 20.1. The highest BCUT2D eigenvalue weighted by atomic mass is 19.1. The van der Waals surface area contributed by atoms with Crippen LogP contribution in [0.5, 0.6) is 0 Å². The number of nitro benzene ring substituents is 1. The van der Waals surface area contributed by atoms with Crippen molar-refractivity contribution in [1.82, 2.24) is 4.90 Å². The van der Waals surface area contributed by atoms with Crippen LogP contribution in [-0.4, -0.2) is 34.1 Å². The first-order chi connectivity index (χ1) is 9.61. The minimum Gasteiger partial charge on any atom is -0.396 e. The maximum atomic E-state index is 13.3. The van der Waals surface area contributed by atoms with Gasteiger partial charge in [0.15, 0.2) is 0 Å². The van der Waals surface area contributed by atoms with E-state index in [4.69, 9.17) is 5.11 Å². The Bertz CT molecular complexity index is 479. The van der Waals surface area contributed by atoms with Gasteiger partial charge in [0, 0.05) is 30.8 Å². The number of benzene rings is 1. The Kier molecular flexibility index (Phi) is 5.03. The fourth-order valence-electron chi connectivity index (χ4n) is 2.82. The van der Waals surface area contributed by atoms with Gasteiger partial charge in [-0.05, 0) is 37.9 Å². The van der Waals surface area contributed by atoms with Crippen molar-refractivity contribution in [2.45, 2.75) is 38.3 Å². The van der Waals surface area contributed by atoms with E-state index in [9.17, 15) is 14.5 Å². The summed E-state index contributed by atoms with van der Waals surface area (Å²) in [6, 6.07) is 3.79. The molecule has 1 aromatic rings. The lowest BCUT2D eigenvalue weighted by atomic mass is 9.98. The van der Waals surface area contributed by atoms with Crippen molar-refractivity contribution in [3.63, 3.8) is 0 Å². The predicted octanol–water partition coefficient (Wildman–Crippen LogP) is 2.47. The molecule has 5 nitrogen and oxygen atoms in total. The second-order valence-electron chi connectivity index (χ2n) is 5.16. The number of rotatable bonds is 5. The van der Waals surface area contributed by atoms with Gasteiger partial charge in [-0.1, -0.05) is 6.42 Å². The lowest BCUT2D eigenvalue weighted by molar-refractivity contribution is -0.385. The molecule has 1 heterocycles. The van der Waals surface area contributed by atoms with Gasteiger partial charge in [0.05, 0.1) is 4.92 Å². The normalized spacial score (nSPS) is 20.0. The Balaban J connectivity index is 2.18. The zero-order valence-electron chi connectivity index (χ0n) is 11.3. The van der Waals surface area contributed by atoms with Crippen molar-refractivity contribution < 1.29 is 14.4 Å². The van der Waals surface area contributed by atoms with Crippen LogP contribution >= 0.6 is 0 Å². The number of piperidine rings is 1. The summed E-state index contributed by atoms with van der Waals surface area (Å²) in [7, 11) is 0. The maximum Gasteiger partial charge on any atom is 0.274 e. The molecule has 6 heteroatoms. The van der Waals surface area contributed by atoms with Gasteiger partial charge in [-0.25, -0.2) is 4.39 Å². The molecular formula is C14H19FN2O3. The number of nitro groups is 1. The molecule has 0 spiro atoms. The molecule has 0 bridgehead atoms. The van der Waals surface area contributed by atoms with Crippen LogP contribution < -0.4 is 0 Å². The molecule has 0 aliphatic carbocycles. The quantitative estimate of drug-likeness (QED) is 0.665. The Morgan fingerprint density at radius 3 is 2.95 bits per heavy atom. The topological polar surface area (TPSA) is 66.6 Å². The summed E-state index contributed by atoms with van der Waals surface area (Å²) in [6.45, 7) is 1.30. The van der Waals surface area contributed by atoms with Gasteiger partial charge in [0.2, 0.25) is 0 Å². The molecule has 0 aromatic heterocycles. The SMILES string of the molecule is O=[N+]([O-])c1ccc(F)cc1CN1CCCCC1CCO. The Labute approximate surface area is 117 Å². The van der Waals surface area contributed by atoms with Crippen LogP contribution in [0.4, 0.5) is 10.1 Å². The van der Waals surface area contributed by atoms with Gasteiger partial charge < -0.3 is 5.11 Å². The molecule has 0 amide bonds. The van der Waals surface area contributed by atoms with Crippen molar-refractivity contribution in [2.24, 2.45) is 0 Å². The van der Waals surface area contributed by atoms with Gasteiger partial charge >= 0.3 is 0 Å². The van der Waals surface area contributed by atoms with E-state index < -0.39 is 10.7 Å². The van der Waals surface area contributed by atoms with Crippen molar-refractivity contribution in [2.75, 3.05) is 13.2 Å². The molecule has 0 saturated carbocycles. The standard InChI is InChI=1S/C14H19FN2O3/c15-12-4-5-14(17(19)20)11(9-12)10-16-7-2-1-3-13(16)6-8-18/h4-5,9,13,18H,1-3,6-8,10H2. The molecule has 1 aliphatic rings. The molecule has 1 fully saturated rings. The fourth-order valence-corrected chi connectivity index (χ4v) is 2.82. The Morgan fingerprint density at radius 1 is 1.45 bits per heavy atom. The third-order valence-corrected chi connectivity index (χ3v) is 3.82. The van der Waals surface area contributed by atoms with Crippen LogP contribution in [0.25, 0.3) is 0 Å². The molecule has 2 rings (SSSR count). The average molecular weight is 282 g/mol. The second-order valence-corrected chi connectivity index (χ2v) is 5.16. The van der Waals surface area contributed by atoms with E-state index in [0.29, 0.717) is 18.5 Å². The van der Waals surface area contributed by atoms with Crippen molar-refractivity contribution >= 4 is 5.69 Å². The lowest BCUT2D eigenvalue weighted by Crippen LogP contribution is -2.39. The van der Waals surface area contributed by atoms with Crippen molar-refractivity contribution in [1.29, 1.82) is 0 Å². The average Bonchev–Trinajstić information content (AvgIpc) is 2.41. The van der Waals surface area contributed by atoms with E-state index in [1.165, 1.54) is 12.1 Å². The highest BCUT2D eigenvalue weighted by Gasteiger charge is 2.25. The van der Waals surface area contributed by atoms with Crippen LogP contribution in [0.1, 0.15) is 31.2 Å². The van der Waals surface area contributed by atoms with Gasteiger partial charge in [-0.3, -0.25) is 15.0 Å². The van der Waals surface area contributed by atoms with Gasteiger partial charge in [0.1, 0.15) is 5.82 Å². The first kappa shape index (κ1) is 14.9. The number of aliphatic hydroxyl groups excluding tert-OH is 1. The fraction of sp³-hybridized carbons (Fsp3) is 0.571. The molecule has 20 heavy (non-hydrogen) atoms. The van der Waals surface area contributed by atoms with Crippen LogP contribution in [0.3, 0.4) is 0 Å². The van der Waals surface area contributed by atoms with Gasteiger partial charge in [-0.15, -0.1) is 0 Å². The molecule has 110 valence electrons. The minimum absolute atomic E-state index is 0.0419. The summed E-state index contributed by atoms with van der Waals surface area (Å²) in [5.41, 5.74) is 0.361. The van der Waals surface area contributed by atoms with E-state index in [-0.39, 0.29) is 18.3 Å². The monoisotopic (exact) mass is 282 g/mol. The molecular weight excluding hydrogens is 263 g/mol. The van der Waals surface area contributed by atoms with Gasteiger partial charge in [-0.2, -0.15) is 0 Å². The van der Waals surface area contributed by atoms with Crippen molar-refractivity contribution in [3.8, 4) is 0 Å². The van der Waals surface area contributed by atoms with E-state index in [0.717, 1.165) is 31.9 Å². The second kappa shape index (κ2) is 6.76. The highest BCUT2D eigenvalue weighted by molar-refractivity contribution is 5.40.